The van der Waals surface area contributed by atoms with Crippen molar-refractivity contribution in [1.29, 1.82) is 0 Å². The molecular weight excluding hydrogens is 236 g/mol. The molecular formula is C17H20O2. The van der Waals surface area contributed by atoms with Gasteiger partial charge in [-0.1, -0.05) is 43.3 Å². The molecule has 100 valence electrons. The predicted molar refractivity (Wildman–Crippen MR) is 77.5 cm³/mol. The number of hydrogen-bond acceptors (Lipinski definition) is 2. The van der Waals surface area contributed by atoms with Crippen molar-refractivity contribution in [3.05, 3.63) is 65.2 Å². The Hall–Kier alpha value is -1.80. The van der Waals surface area contributed by atoms with Gasteiger partial charge in [0.05, 0.1) is 13.2 Å². The average molecular weight is 256 g/mol. The summed E-state index contributed by atoms with van der Waals surface area (Å²) in [6, 6.07) is 16.0. The summed E-state index contributed by atoms with van der Waals surface area (Å²) in [7, 11) is 1.63. The summed E-state index contributed by atoms with van der Waals surface area (Å²) in [5.74, 6) is 0.776. The highest BCUT2D eigenvalue weighted by atomic mass is 16.5. The quantitative estimate of drug-likeness (QED) is 0.886. The molecule has 0 saturated heterocycles. The van der Waals surface area contributed by atoms with Gasteiger partial charge in [0.2, 0.25) is 0 Å². The zero-order valence-corrected chi connectivity index (χ0v) is 11.5. The largest absolute Gasteiger partial charge is 0.497 e. The summed E-state index contributed by atoms with van der Waals surface area (Å²) in [4.78, 5) is 0. The third kappa shape index (κ3) is 3.58. The molecule has 0 amide bonds. The second-order valence-electron chi connectivity index (χ2n) is 4.67. The standard InChI is InChI=1S/C17H20O2/c1-3-13-7-9-14(10-8-13)11-17(18)15-5-4-6-16(12-15)19-2/h4-10,12,17-18H,3,11H2,1-2H3. The fourth-order valence-electron chi connectivity index (χ4n) is 2.10. The first-order chi connectivity index (χ1) is 9.22. The molecule has 2 aromatic rings. The summed E-state index contributed by atoms with van der Waals surface area (Å²) in [5, 5.41) is 10.3. The Labute approximate surface area is 114 Å². The van der Waals surface area contributed by atoms with E-state index in [2.05, 4.69) is 31.2 Å². The molecule has 1 atom stereocenters. The van der Waals surface area contributed by atoms with Crippen molar-refractivity contribution in [2.24, 2.45) is 0 Å². The molecule has 19 heavy (non-hydrogen) atoms. The number of ether oxygens (including phenoxy) is 1. The van der Waals surface area contributed by atoms with Crippen molar-refractivity contribution in [3.63, 3.8) is 0 Å². The van der Waals surface area contributed by atoms with Gasteiger partial charge in [-0.15, -0.1) is 0 Å². The fourth-order valence-corrected chi connectivity index (χ4v) is 2.10. The second kappa shape index (κ2) is 6.39. The normalized spacial score (nSPS) is 12.2. The van der Waals surface area contributed by atoms with E-state index < -0.39 is 6.10 Å². The van der Waals surface area contributed by atoms with Crippen LogP contribution in [0.2, 0.25) is 0 Å². The zero-order valence-electron chi connectivity index (χ0n) is 11.5. The molecule has 0 bridgehead atoms. The van der Waals surface area contributed by atoms with Gasteiger partial charge in [0.15, 0.2) is 0 Å². The van der Waals surface area contributed by atoms with E-state index in [4.69, 9.17) is 4.74 Å². The Kier molecular flexibility index (Phi) is 4.58. The van der Waals surface area contributed by atoms with Gasteiger partial charge >= 0.3 is 0 Å². The lowest BCUT2D eigenvalue weighted by atomic mass is 10.00. The molecule has 0 radical (unpaired) electrons. The van der Waals surface area contributed by atoms with E-state index in [0.29, 0.717) is 6.42 Å². The minimum atomic E-state index is -0.498. The lowest BCUT2D eigenvalue weighted by molar-refractivity contribution is 0.178. The van der Waals surface area contributed by atoms with Crippen LogP contribution in [-0.2, 0) is 12.8 Å². The van der Waals surface area contributed by atoms with Crippen molar-refractivity contribution in [2.45, 2.75) is 25.9 Å². The Morgan fingerprint density at radius 3 is 2.37 bits per heavy atom. The van der Waals surface area contributed by atoms with Crippen LogP contribution in [0.25, 0.3) is 0 Å². The molecule has 2 rings (SSSR count). The summed E-state index contributed by atoms with van der Waals surface area (Å²) < 4.78 is 5.17. The molecule has 0 aliphatic rings. The van der Waals surface area contributed by atoms with E-state index in [1.165, 1.54) is 5.56 Å². The van der Waals surface area contributed by atoms with Gasteiger partial charge in [0.1, 0.15) is 5.75 Å². The molecule has 0 aromatic heterocycles. The van der Waals surface area contributed by atoms with Crippen molar-refractivity contribution >= 4 is 0 Å². The molecule has 0 heterocycles. The first-order valence-electron chi connectivity index (χ1n) is 6.62. The van der Waals surface area contributed by atoms with Gasteiger partial charge in [0.25, 0.3) is 0 Å². The van der Waals surface area contributed by atoms with Crippen molar-refractivity contribution in [3.8, 4) is 5.75 Å². The number of benzene rings is 2. The third-order valence-corrected chi connectivity index (χ3v) is 3.34. The van der Waals surface area contributed by atoms with Crippen molar-refractivity contribution < 1.29 is 9.84 Å². The van der Waals surface area contributed by atoms with E-state index in [1.807, 2.05) is 24.3 Å². The van der Waals surface area contributed by atoms with E-state index >= 15 is 0 Å². The van der Waals surface area contributed by atoms with E-state index in [0.717, 1.165) is 23.3 Å². The van der Waals surface area contributed by atoms with Crippen LogP contribution >= 0.6 is 0 Å². The van der Waals surface area contributed by atoms with Crippen molar-refractivity contribution in [1.82, 2.24) is 0 Å². The smallest absolute Gasteiger partial charge is 0.119 e. The fraction of sp³-hybridized carbons (Fsp3) is 0.294. The Bertz CT molecular complexity index is 517. The van der Waals surface area contributed by atoms with Crippen LogP contribution in [0.3, 0.4) is 0 Å². The highest BCUT2D eigenvalue weighted by Gasteiger charge is 2.09. The highest BCUT2D eigenvalue weighted by molar-refractivity contribution is 5.31. The maximum Gasteiger partial charge on any atom is 0.119 e. The monoisotopic (exact) mass is 256 g/mol. The molecule has 0 fully saturated rings. The van der Waals surface area contributed by atoms with Crippen LogP contribution in [-0.4, -0.2) is 12.2 Å². The molecule has 0 saturated carbocycles. The lowest BCUT2D eigenvalue weighted by Crippen LogP contribution is -2.02. The van der Waals surface area contributed by atoms with Gasteiger partial charge in [-0.2, -0.15) is 0 Å². The van der Waals surface area contributed by atoms with E-state index in [-0.39, 0.29) is 0 Å². The zero-order chi connectivity index (χ0) is 13.7. The molecule has 0 aliphatic carbocycles. The topological polar surface area (TPSA) is 29.5 Å². The highest BCUT2D eigenvalue weighted by Crippen LogP contribution is 2.22. The van der Waals surface area contributed by atoms with Crippen molar-refractivity contribution in [2.75, 3.05) is 7.11 Å². The van der Waals surface area contributed by atoms with Crippen LogP contribution < -0.4 is 4.74 Å². The number of methoxy groups -OCH3 is 1. The summed E-state index contributed by atoms with van der Waals surface area (Å²) >= 11 is 0. The van der Waals surface area contributed by atoms with E-state index in [1.54, 1.807) is 7.11 Å². The summed E-state index contributed by atoms with van der Waals surface area (Å²) in [6.45, 7) is 2.14. The molecule has 2 nitrogen and oxygen atoms in total. The minimum absolute atomic E-state index is 0.498. The lowest BCUT2D eigenvalue weighted by Gasteiger charge is -2.12. The van der Waals surface area contributed by atoms with E-state index in [9.17, 15) is 5.11 Å². The maximum atomic E-state index is 10.3. The molecule has 2 heteroatoms. The van der Waals surface area contributed by atoms with Crippen LogP contribution in [0, 0.1) is 0 Å². The number of aliphatic hydroxyl groups excluding tert-OH is 1. The van der Waals surface area contributed by atoms with Gasteiger partial charge in [-0.25, -0.2) is 0 Å². The second-order valence-corrected chi connectivity index (χ2v) is 4.67. The number of aryl methyl sites for hydroxylation is 1. The minimum Gasteiger partial charge on any atom is -0.497 e. The van der Waals surface area contributed by atoms with Crippen LogP contribution in [0.4, 0.5) is 0 Å². The Morgan fingerprint density at radius 1 is 1.05 bits per heavy atom. The maximum absolute atomic E-state index is 10.3. The molecule has 1 N–H and O–H groups in total. The molecule has 0 aliphatic heterocycles. The molecule has 1 unspecified atom stereocenters. The number of aliphatic hydroxyl groups is 1. The Balaban J connectivity index is 2.08. The predicted octanol–water partition coefficient (Wildman–Crippen LogP) is 3.53. The van der Waals surface area contributed by atoms with Gasteiger partial charge < -0.3 is 9.84 Å². The number of hydrogen-bond donors (Lipinski definition) is 1. The van der Waals surface area contributed by atoms with Crippen LogP contribution in [0.1, 0.15) is 29.7 Å². The third-order valence-electron chi connectivity index (χ3n) is 3.34. The number of rotatable bonds is 5. The SMILES string of the molecule is CCc1ccc(CC(O)c2cccc(OC)c2)cc1. The first kappa shape index (κ1) is 13.6. The average Bonchev–Trinajstić information content (AvgIpc) is 2.48. The first-order valence-corrected chi connectivity index (χ1v) is 6.62. The van der Waals surface area contributed by atoms with Gasteiger partial charge in [-0.3, -0.25) is 0 Å². The molecule has 0 spiro atoms. The van der Waals surface area contributed by atoms with Gasteiger partial charge in [-0.05, 0) is 35.2 Å². The van der Waals surface area contributed by atoms with Crippen LogP contribution in [0.15, 0.2) is 48.5 Å². The summed E-state index contributed by atoms with van der Waals surface area (Å²) in [5.41, 5.74) is 3.35. The molecule has 2 aromatic carbocycles. The van der Waals surface area contributed by atoms with Gasteiger partial charge in [0, 0.05) is 6.42 Å². The van der Waals surface area contributed by atoms with Crippen LogP contribution in [0.5, 0.6) is 5.75 Å². The Morgan fingerprint density at radius 2 is 1.74 bits per heavy atom. The summed E-state index contributed by atoms with van der Waals surface area (Å²) in [6.07, 6.45) is 1.16.